The van der Waals surface area contributed by atoms with Crippen molar-refractivity contribution in [2.75, 3.05) is 11.9 Å². The first kappa shape index (κ1) is 12.0. The van der Waals surface area contributed by atoms with Crippen LogP contribution in [-0.4, -0.2) is 26.2 Å². The van der Waals surface area contributed by atoms with E-state index in [9.17, 15) is 10.1 Å². The third kappa shape index (κ3) is 2.82. The minimum absolute atomic E-state index is 0.00475. The topological polar surface area (TPSA) is 85.9 Å². The van der Waals surface area contributed by atoms with Crippen LogP contribution in [-0.2, 0) is 6.54 Å². The molecule has 2 heterocycles. The summed E-state index contributed by atoms with van der Waals surface area (Å²) in [7, 11) is 0. The molecule has 18 heavy (non-hydrogen) atoms. The number of nitrogens with zero attached hydrogens (tertiary/aromatic N) is 4. The van der Waals surface area contributed by atoms with E-state index in [1.807, 2.05) is 12.3 Å². The number of anilines is 1. The van der Waals surface area contributed by atoms with Crippen molar-refractivity contribution in [3.05, 3.63) is 46.4 Å². The zero-order chi connectivity index (χ0) is 13.0. The van der Waals surface area contributed by atoms with Crippen LogP contribution in [0.1, 0.15) is 5.56 Å². The van der Waals surface area contributed by atoms with Crippen molar-refractivity contribution in [2.24, 2.45) is 0 Å². The molecule has 7 heteroatoms. The van der Waals surface area contributed by atoms with Gasteiger partial charge in [0.15, 0.2) is 0 Å². The lowest BCUT2D eigenvalue weighted by atomic mass is 10.2. The highest BCUT2D eigenvalue weighted by atomic mass is 16.6. The molecule has 0 aromatic carbocycles. The number of hydrogen-bond acceptors (Lipinski definition) is 5. The van der Waals surface area contributed by atoms with Gasteiger partial charge in [0.25, 0.3) is 5.69 Å². The van der Waals surface area contributed by atoms with Crippen molar-refractivity contribution in [3.8, 4) is 0 Å². The molecule has 0 aliphatic rings. The van der Waals surface area contributed by atoms with Crippen molar-refractivity contribution >= 4 is 11.5 Å². The highest BCUT2D eigenvalue weighted by molar-refractivity contribution is 5.48. The minimum Gasteiger partial charge on any atom is -0.368 e. The first-order valence-corrected chi connectivity index (χ1v) is 5.49. The number of rotatable bonds is 5. The molecule has 0 amide bonds. The molecule has 0 fully saturated rings. The third-order valence-corrected chi connectivity index (χ3v) is 2.47. The maximum atomic E-state index is 10.6. The monoisotopic (exact) mass is 247 g/mol. The van der Waals surface area contributed by atoms with Crippen LogP contribution in [0.2, 0.25) is 0 Å². The first-order chi connectivity index (χ1) is 8.66. The van der Waals surface area contributed by atoms with Crippen molar-refractivity contribution < 1.29 is 4.92 Å². The third-order valence-electron chi connectivity index (χ3n) is 2.47. The Morgan fingerprint density at radius 2 is 2.39 bits per heavy atom. The van der Waals surface area contributed by atoms with E-state index in [1.54, 1.807) is 17.8 Å². The van der Waals surface area contributed by atoms with Crippen LogP contribution in [0.15, 0.2) is 30.7 Å². The van der Waals surface area contributed by atoms with E-state index in [1.165, 1.54) is 12.3 Å². The summed E-state index contributed by atoms with van der Waals surface area (Å²) >= 11 is 0. The van der Waals surface area contributed by atoms with Gasteiger partial charge >= 0.3 is 0 Å². The van der Waals surface area contributed by atoms with Crippen molar-refractivity contribution in [1.82, 2.24) is 14.8 Å². The Labute approximate surface area is 104 Å². The number of pyridine rings is 1. The van der Waals surface area contributed by atoms with Crippen molar-refractivity contribution in [2.45, 2.75) is 13.5 Å². The Morgan fingerprint density at radius 3 is 3.00 bits per heavy atom. The van der Waals surface area contributed by atoms with E-state index in [0.717, 1.165) is 5.56 Å². The normalized spacial score (nSPS) is 10.3. The Kier molecular flexibility index (Phi) is 3.52. The lowest BCUT2D eigenvalue weighted by Crippen LogP contribution is -2.12. The zero-order valence-corrected chi connectivity index (χ0v) is 9.91. The molecule has 0 aliphatic carbocycles. The average Bonchev–Trinajstić information content (AvgIpc) is 2.84. The summed E-state index contributed by atoms with van der Waals surface area (Å²) in [5.41, 5.74) is 0.759. The van der Waals surface area contributed by atoms with Crippen molar-refractivity contribution in [1.29, 1.82) is 0 Å². The van der Waals surface area contributed by atoms with Gasteiger partial charge in [-0.05, 0) is 18.6 Å². The SMILES string of the molecule is Cc1cc([N+](=O)[O-])cnc1NCCn1cccn1. The molecule has 0 saturated heterocycles. The van der Waals surface area contributed by atoms with Gasteiger partial charge in [0.05, 0.1) is 11.5 Å². The van der Waals surface area contributed by atoms with Crippen LogP contribution >= 0.6 is 0 Å². The molecule has 0 saturated carbocycles. The van der Waals surface area contributed by atoms with Crippen LogP contribution in [0.25, 0.3) is 0 Å². The second-order valence-corrected chi connectivity index (χ2v) is 3.81. The van der Waals surface area contributed by atoms with Gasteiger partial charge in [-0.2, -0.15) is 5.10 Å². The molecule has 0 unspecified atom stereocenters. The smallest absolute Gasteiger partial charge is 0.287 e. The van der Waals surface area contributed by atoms with Gasteiger partial charge in [0.2, 0.25) is 0 Å². The predicted octanol–water partition coefficient (Wildman–Crippen LogP) is 1.61. The molecular formula is C11H13N5O2. The molecule has 94 valence electrons. The van der Waals surface area contributed by atoms with Gasteiger partial charge in [-0.25, -0.2) is 4.98 Å². The lowest BCUT2D eigenvalue weighted by molar-refractivity contribution is -0.385. The summed E-state index contributed by atoms with van der Waals surface area (Å²) in [6, 6.07) is 3.36. The van der Waals surface area contributed by atoms with Crippen LogP contribution in [0, 0.1) is 17.0 Å². The molecule has 0 radical (unpaired) electrons. The molecule has 1 N–H and O–H groups in total. The number of nitro groups is 1. The summed E-state index contributed by atoms with van der Waals surface area (Å²) in [4.78, 5) is 14.2. The fourth-order valence-corrected chi connectivity index (χ4v) is 1.57. The van der Waals surface area contributed by atoms with E-state index >= 15 is 0 Å². The molecule has 2 aromatic rings. The maximum absolute atomic E-state index is 10.6. The van der Waals surface area contributed by atoms with Crippen LogP contribution in [0.3, 0.4) is 0 Å². The number of nitrogens with one attached hydrogen (secondary N) is 1. The second kappa shape index (κ2) is 5.26. The van der Waals surface area contributed by atoms with Gasteiger partial charge in [0, 0.05) is 25.0 Å². The second-order valence-electron chi connectivity index (χ2n) is 3.81. The highest BCUT2D eigenvalue weighted by Gasteiger charge is 2.08. The molecule has 2 aromatic heterocycles. The van der Waals surface area contributed by atoms with E-state index in [4.69, 9.17) is 0 Å². The molecule has 0 spiro atoms. The quantitative estimate of drug-likeness (QED) is 0.640. The van der Waals surface area contributed by atoms with E-state index < -0.39 is 4.92 Å². The van der Waals surface area contributed by atoms with Gasteiger partial charge in [-0.15, -0.1) is 0 Å². The number of hydrogen-bond donors (Lipinski definition) is 1. The van der Waals surface area contributed by atoms with Gasteiger partial charge in [0.1, 0.15) is 12.0 Å². The fraction of sp³-hybridized carbons (Fsp3) is 0.273. The molecule has 7 nitrogen and oxygen atoms in total. The van der Waals surface area contributed by atoms with E-state index in [2.05, 4.69) is 15.4 Å². The summed E-state index contributed by atoms with van der Waals surface area (Å²) in [6.45, 7) is 3.16. The van der Waals surface area contributed by atoms with Gasteiger partial charge in [-0.1, -0.05) is 0 Å². The predicted molar refractivity (Wildman–Crippen MR) is 66.3 cm³/mol. The highest BCUT2D eigenvalue weighted by Crippen LogP contribution is 2.17. The van der Waals surface area contributed by atoms with Crippen LogP contribution < -0.4 is 5.32 Å². The Bertz CT molecular complexity index is 538. The average molecular weight is 247 g/mol. The van der Waals surface area contributed by atoms with E-state index in [-0.39, 0.29) is 5.69 Å². The van der Waals surface area contributed by atoms with Crippen molar-refractivity contribution in [3.63, 3.8) is 0 Å². The molecule has 2 rings (SSSR count). The minimum atomic E-state index is -0.451. The summed E-state index contributed by atoms with van der Waals surface area (Å²) < 4.78 is 1.80. The molecule has 0 atom stereocenters. The maximum Gasteiger partial charge on any atom is 0.287 e. The summed E-state index contributed by atoms with van der Waals surface area (Å²) in [6.07, 6.45) is 4.84. The Hall–Kier alpha value is -2.44. The largest absolute Gasteiger partial charge is 0.368 e. The van der Waals surface area contributed by atoms with Crippen LogP contribution in [0.5, 0.6) is 0 Å². The Morgan fingerprint density at radius 1 is 1.56 bits per heavy atom. The van der Waals surface area contributed by atoms with Gasteiger partial charge < -0.3 is 5.32 Å². The zero-order valence-electron chi connectivity index (χ0n) is 9.91. The van der Waals surface area contributed by atoms with E-state index in [0.29, 0.717) is 18.9 Å². The van der Waals surface area contributed by atoms with Gasteiger partial charge in [-0.3, -0.25) is 14.8 Å². The van der Waals surface area contributed by atoms with Crippen LogP contribution in [0.4, 0.5) is 11.5 Å². The first-order valence-electron chi connectivity index (χ1n) is 5.49. The number of aryl methyl sites for hydroxylation is 1. The lowest BCUT2D eigenvalue weighted by Gasteiger charge is -2.08. The Balaban J connectivity index is 1.95. The fourth-order valence-electron chi connectivity index (χ4n) is 1.57. The standard InChI is InChI=1S/C11H13N5O2/c1-9-7-10(16(17)18)8-13-11(9)12-4-6-15-5-2-3-14-15/h2-3,5,7-8H,4,6H2,1H3,(H,12,13). The molecule has 0 bridgehead atoms. The summed E-state index contributed by atoms with van der Waals surface area (Å²) in [5.74, 6) is 0.660. The summed E-state index contributed by atoms with van der Waals surface area (Å²) in [5, 5.41) is 17.8. The molecule has 0 aliphatic heterocycles. The molecular weight excluding hydrogens is 234 g/mol. The number of aromatic nitrogens is 3.